The molecule has 0 saturated heterocycles. The first-order chi connectivity index (χ1) is 4.48. The van der Waals surface area contributed by atoms with E-state index in [-0.39, 0.29) is 5.41 Å². The van der Waals surface area contributed by atoms with Gasteiger partial charge < -0.3 is 9.84 Å². The normalized spacial score (nSPS) is 15.3. The highest BCUT2D eigenvalue weighted by atomic mass is 16.6. The molecule has 0 aromatic heterocycles. The molecule has 0 saturated carbocycles. The van der Waals surface area contributed by atoms with E-state index in [0.717, 1.165) is 6.42 Å². The van der Waals surface area contributed by atoms with Gasteiger partial charge >= 0.3 is 0 Å². The Morgan fingerprint density at radius 1 is 1.40 bits per heavy atom. The lowest BCUT2D eigenvalue weighted by atomic mass is 9.96. The van der Waals surface area contributed by atoms with E-state index in [2.05, 4.69) is 0 Å². The van der Waals surface area contributed by atoms with E-state index in [1.807, 2.05) is 27.7 Å². The molecule has 0 aromatic carbocycles. The monoisotopic (exact) mass is 146 g/mol. The fourth-order valence-corrected chi connectivity index (χ4v) is 0.479. The quantitative estimate of drug-likeness (QED) is 0.615. The fraction of sp³-hybridized carbons (Fsp3) is 1.00. The molecule has 10 heavy (non-hydrogen) atoms. The maximum Gasteiger partial charge on any atom is 0.159 e. The highest BCUT2D eigenvalue weighted by molar-refractivity contribution is 4.63. The van der Waals surface area contributed by atoms with Crippen LogP contribution >= 0.6 is 0 Å². The second-order valence-electron chi connectivity index (χ2n) is 3.59. The molecule has 0 aliphatic carbocycles. The van der Waals surface area contributed by atoms with E-state index < -0.39 is 6.29 Å². The van der Waals surface area contributed by atoms with Crippen LogP contribution in [-0.2, 0) is 4.74 Å². The van der Waals surface area contributed by atoms with E-state index in [1.165, 1.54) is 0 Å². The second-order valence-corrected chi connectivity index (χ2v) is 3.59. The average molecular weight is 146 g/mol. The van der Waals surface area contributed by atoms with Gasteiger partial charge in [0.25, 0.3) is 0 Å². The molecule has 2 nitrogen and oxygen atoms in total. The van der Waals surface area contributed by atoms with Crippen molar-refractivity contribution in [2.24, 2.45) is 5.41 Å². The zero-order chi connectivity index (χ0) is 8.20. The summed E-state index contributed by atoms with van der Waals surface area (Å²) in [7, 11) is 0. The lowest BCUT2D eigenvalue weighted by molar-refractivity contribution is -0.158. The SMILES string of the molecule is CCCOC(O)C(C)(C)C. The largest absolute Gasteiger partial charge is 0.368 e. The van der Waals surface area contributed by atoms with Gasteiger partial charge in [0, 0.05) is 12.0 Å². The van der Waals surface area contributed by atoms with Crippen LogP contribution < -0.4 is 0 Å². The maximum absolute atomic E-state index is 9.29. The van der Waals surface area contributed by atoms with Gasteiger partial charge in [-0.2, -0.15) is 0 Å². The molecule has 1 atom stereocenters. The molecule has 0 spiro atoms. The first-order valence-corrected chi connectivity index (χ1v) is 3.78. The summed E-state index contributed by atoms with van der Waals surface area (Å²) >= 11 is 0. The zero-order valence-corrected chi connectivity index (χ0v) is 7.35. The van der Waals surface area contributed by atoms with Gasteiger partial charge in [0.15, 0.2) is 6.29 Å². The van der Waals surface area contributed by atoms with Gasteiger partial charge in [-0.05, 0) is 6.42 Å². The third kappa shape index (κ3) is 3.85. The lowest BCUT2D eigenvalue weighted by Crippen LogP contribution is -2.29. The van der Waals surface area contributed by atoms with Crippen LogP contribution in [0.15, 0.2) is 0 Å². The first kappa shape index (κ1) is 9.92. The number of hydrogen-bond acceptors (Lipinski definition) is 2. The highest BCUT2D eigenvalue weighted by Gasteiger charge is 2.21. The molecular formula is C8H18O2. The van der Waals surface area contributed by atoms with Gasteiger partial charge in [-0.25, -0.2) is 0 Å². The van der Waals surface area contributed by atoms with Crippen molar-refractivity contribution in [2.75, 3.05) is 6.61 Å². The van der Waals surface area contributed by atoms with Gasteiger partial charge in [-0.1, -0.05) is 27.7 Å². The fourth-order valence-electron chi connectivity index (χ4n) is 0.479. The minimum absolute atomic E-state index is 0.158. The van der Waals surface area contributed by atoms with E-state index >= 15 is 0 Å². The summed E-state index contributed by atoms with van der Waals surface area (Å²) in [5, 5.41) is 9.29. The smallest absolute Gasteiger partial charge is 0.159 e. The molecule has 0 aliphatic rings. The van der Waals surface area contributed by atoms with Crippen molar-refractivity contribution < 1.29 is 9.84 Å². The van der Waals surface area contributed by atoms with Gasteiger partial charge in [0.05, 0.1) is 0 Å². The zero-order valence-electron chi connectivity index (χ0n) is 7.35. The van der Waals surface area contributed by atoms with Crippen LogP contribution in [-0.4, -0.2) is 18.0 Å². The van der Waals surface area contributed by atoms with Crippen molar-refractivity contribution in [1.82, 2.24) is 0 Å². The number of aliphatic hydroxyl groups is 1. The third-order valence-corrected chi connectivity index (χ3v) is 1.22. The summed E-state index contributed by atoms with van der Waals surface area (Å²) in [5.41, 5.74) is -0.158. The highest BCUT2D eigenvalue weighted by Crippen LogP contribution is 2.19. The summed E-state index contributed by atoms with van der Waals surface area (Å²) in [6.45, 7) is 8.52. The van der Waals surface area contributed by atoms with Crippen LogP contribution in [0.2, 0.25) is 0 Å². The van der Waals surface area contributed by atoms with Crippen LogP contribution in [0.5, 0.6) is 0 Å². The minimum Gasteiger partial charge on any atom is -0.368 e. The number of hydrogen-bond donors (Lipinski definition) is 1. The average Bonchev–Trinajstić information content (AvgIpc) is 1.80. The molecule has 62 valence electrons. The van der Waals surface area contributed by atoms with Crippen LogP contribution in [0.1, 0.15) is 34.1 Å². The molecule has 0 amide bonds. The van der Waals surface area contributed by atoms with E-state index in [4.69, 9.17) is 4.74 Å². The Hall–Kier alpha value is -0.0800. The van der Waals surface area contributed by atoms with Gasteiger partial charge in [0.1, 0.15) is 0 Å². The topological polar surface area (TPSA) is 29.5 Å². The number of aliphatic hydroxyl groups excluding tert-OH is 1. The van der Waals surface area contributed by atoms with Crippen LogP contribution in [0, 0.1) is 5.41 Å². The van der Waals surface area contributed by atoms with Crippen molar-refractivity contribution >= 4 is 0 Å². The van der Waals surface area contributed by atoms with E-state index in [9.17, 15) is 5.11 Å². The molecular weight excluding hydrogens is 128 g/mol. The second kappa shape index (κ2) is 3.94. The summed E-state index contributed by atoms with van der Waals surface area (Å²) in [6.07, 6.45) is 0.320. The molecule has 0 fully saturated rings. The Morgan fingerprint density at radius 2 is 1.90 bits per heavy atom. The molecule has 1 unspecified atom stereocenters. The Balaban J connectivity index is 3.52. The lowest BCUT2D eigenvalue weighted by Gasteiger charge is -2.25. The Labute approximate surface area is 63.2 Å². The predicted molar refractivity (Wildman–Crippen MR) is 41.7 cm³/mol. The van der Waals surface area contributed by atoms with Crippen molar-refractivity contribution in [1.29, 1.82) is 0 Å². The Bertz CT molecular complexity index is 83.7. The van der Waals surface area contributed by atoms with E-state index in [0.29, 0.717) is 6.61 Å². The number of rotatable bonds is 3. The summed E-state index contributed by atoms with van der Waals surface area (Å²) < 4.78 is 5.11. The van der Waals surface area contributed by atoms with Crippen molar-refractivity contribution in [3.63, 3.8) is 0 Å². The minimum atomic E-state index is -0.632. The van der Waals surface area contributed by atoms with Gasteiger partial charge in [-0.15, -0.1) is 0 Å². The summed E-state index contributed by atoms with van der Waals surface area (Å²) in [6, 6.07) is 0. The molecule has 0 bridgehead atoms. The Kier molecular flexibility index (Phi) is 3.91. The standard InChI is InChI=1S/C8H18O2/c1-5-6-10-7(9)8(2,3)4/h7,9H,5-6H2,1-4H3. The molecule has 0 heterocycles. The van der Waals surface area contributed by atoms with E-state index in [1.54, 1.807) is 0 Å². The van der Waals surface area contributed by atoms with Crippen molar-refractivity contribution in [2.45, 2.75) is 40.4 Å². The predicted octanol–water partition coefficient (Wildman–Crippen LogP) is 1.78. The van der Waals surface area contributed by atoms with Gasteiger partial charge in [-0.3, -0.25) is 0 Å². The molecule has 0 aliphatic heterocycles. The van der Waals surface area contributed by atoms with Crippen molar-refractivity contribution in [3.05, 3.63) is 0 Å². The summed E-state index contributed by atoms with van der Waals surface area (Å²) in [4.78, 5) is 0. The van der Waals surface area contributed by atoms with Gasteiger partial charge in [0.2, 0.25) is 0 Å². The Morgan fingerprint density at radius 3 is 2.20 bits per heavy atom. The molecule has 2 heteroatoms. The van der Waals surface area contributed by atoms with Crippen LogP contribution in [0.4, 0.5) is 0 Å². The first-order valence-electron chi connectivity index (χ1n) is 3.78. The van der Waals surface area contributed by atoms with Crippen LogP contribution in [0.3, 0.4) is 0 Å². The summed E-state index contributed by atoms with van der Waals surface area (Å²) in [5.74, 6) is 0. The maximum atomic E-state index is 9.29. The third-order valence-electron chi connectivity index (χ3n) is 1.22. The van der Waals surface area contributed by atoms with Crippen molar-refractivity contribution in [3.8, 4) is 0 Å². The molecule has 0 radical (unpaired) electrons. The van der Waals surface area contributed by atoms with Crippen LogP contribution in [0.25, 0.3) is 0 Å². The molecule has 0 aromatic rings. The molecule has 1 N–H and O–H groups in total. The molecule has 0 rings (SSSR count). The number of ether oxygens (including phenoxy) is 1.